The molecule has 3 N–H and O–H groups in total. The number of nitrogens with two attached hydrogens (primary N) is 1. The highest BCUT2D eigenvalue weighted by Gasteiger charge is 2.28. The average Bonchev–Trinajstić information content (AvgIpc) is 2.33. The molecule has 0 spiro atoms. The normalized spacial score (nSPS) is 18.7. The molecule has 1 fully saturated rings. The van der Waals surface area contributed by atoms with Gasteiger partial charge in [0.05, 0.1) is 12.8 Å². The lowest BCUT2D eigenvalue weighted by molar-refractivity contribution is 0.0657. The Labute approximate surface area is 101 Å². The quantitative estimate of drug-likeness (QED) is 0.836. The van der Waals surface area contributed by atoms with E-state index in [1.165, 1.54) is 0 Å². The summed E-state index contributed by atoms with van der Waals surface area (Å²) in [7, 11) is 1.60. The van der Waals surface area contributed by atoms with Crippen LogP contribution in [0.25, 0.3) is 0 Å². The molecule has 0 aliphatic carbocycles. The van der Waals surface area contributed by atoms with Crippen molar-refractivity contribution in [3.05, 3.63) is 12.1 Å². The minimum absolute atomic E-state index is 0.00820. The first kappa shape index (κ1) is 12.0. The Morgan fingerprint density at radius 1 is 1.41 bits per heavy atom. The van der Waals surface area contributed by atoms with Gasteiger partial charge in [0.25, 0.3) is 0 Å². The van der Waals surface area contributed by atoms with Crippen molar-refractivity contribution in [3.63, 3.8) is 0 Å². The van der Waals surface area contributed by atoms with Gasteiger partial charge in [0.1, 0.15) is 0 Å². The van der Waals surface area contributed by atoms with E-state index >= 15 is 0 Å². The van der Waals surface area contributed by atoms with Crippen LogP contribution in [-0.2, 0) is 4.74 Å². The van der Waals surface area contributed by atoms with Gasteiger partial charge in [-0.25, -0.2) is 0 Å². The lowest BCUT2D eigenvalue weighted by Crippen LogP contribution is -2.41. The van der Waals surface area contributed by atoms with E-state index in [4.69, 9.17) is 15.2 Å². The first-order valence-corrected chi connectivity index (χ1v) is 5.79. The third-order valence-electron chi connectivity index (χ3n) is 3.13. The van der Waals surface area contributed by atoms with Crippen molar-refractivity contribution in [1.29, 1.82) is 0 Å². The Balaban J connectivity index is 2.16. The number of aromatic nitrogens is 1. The van der Waals surface area contributed by atoms with Gasteiger partial charge in [-0.1, -0.05) is 0 Å². The lowest BCUT2D eigenvalue weighted by Gasteiger charge is -2.35. The molecule has 1 aromatic rings. The highest BCUT2D eigenvalue weighted by Crippen LogP contribution is 2.28. The Bertz CT molecular complexity index is 389. The Hall–Kier alpha value is -1.49. The first-order chi connectivity index (χ1) is 8.13. The number of nitrogen functional groups attached to an aromatic ring is 1. The largest absolute Gasteiger partial charge is 0.481 e. The molecule has 5 nitrogen and oxygen atoms in total. The third-order valence-corrected chi connectivity index (χ3v) is 3.13. The number of hydrogen-bond acceptors (Lipinski definition) is 5. The van der Waals surface area contributed by atoms with Gasteiger partial charge in [0.2, 0.25) is 5.88 Å². The zero-order valence-electron chi connectivity index (χ0n) is 10.3. The summed E-state index contributed by atoms with van der Waals surface area (Å²) in [6.45, 7) is 3.71. The van der Waals surface area contributed by atoms with Gasteiger partial charge in [0, 0.05) is 24.8 Å². The van der Waals surface area contributed by atoms with Gasteiger partial charge in [-0.2, -0.15) is 4.98 Å². The summed E-state index contributed by atoms with van der Waals surface area (Å²) in [5, 5.41) is 3.40. The average molecular weight is 237 g/mol. The van der Waals surface area contributed by atoms with E-state index in [1.807, 2.05) is 0 Å². The van der Waals surface area contributed by atoms with Crippen LogP contribution in [-0.4, -0.2) is 30.8 Å². The molecule has 0 saturated carbocycles. The maximum Gasteiger partial charge on any atom is 0.215 e. The molecule has 17 heavy (non-hydrogen) atoms. The molecule has 94 valence electrons. The van der Waals surface area contributed by atoms with Crippen molar-refractivity contribution in [2.75, 3.05) is 31.4 Å². The van der Waals surface area contributed by atoms with Crippen LogP contribution in [0.4, 0.5) is 11.5 Å². The summed E-state index contributed by atoms with van der Waals surface area (Å²) < 4.78 is 10.5. The standard InChI is InChI=1S/C12H19N3O2/c1-12(5-7-17-8-6-12)15-11-9(13)3-4-10(14-11)16-2/h3-4H,5-8,13H2,1-2H3,(H,14,15). The van der Waals surface area contributed by atoms with Crippen molar-refractivity contribution in [2.45, 2.75) is 25.3 Å². The van der Waals surface area contributed by atoms with Gasteiger partial charge in [0.15, 0.2) is 5.82 Å². The zero-order valence-corrected chi connectivity index (χ0v) is 10.3. The van der Waals surface area contributed by atoms with E-state index in [9.17, 15) is 0 Å². The van der Waals surface area contributed by atoms with Crippen molar-refractivity contribution in [3.8, 4) is 5.88 Å². The summed E-state index contributed by atoms with van der Waals surface area (Å²) >= 11 is 0. The van der Waals surface area contributed by atoms with Gasteiger partial charge >= 0.3 is 0 Å². The number of nitrogens with one attached hydrogen (secondary N) is 1. The van der Waals surface area contributed by atoms with Crippen LogP contribution in [0.1, 0.15) is 19.8 Å². The summed E-state index contributed by atoms with van der Waals surface area (Å²) in [5.74, 6) is 1.26. The monoisotopic (exact) mass is 237 g/mol. The maximum atomic E-state index is 5.91. The minimum atomic E-state index is -0.00820. The molecule has 1 aliphatic heterocycles. The second-order valence-electron chi connectivity index (χ2n) is 4.59. The number of ether oxygens (including phenoxy) is 2. The van der Waals surface area contributed by atoms with E-state index < -0.39 is 0 Å². The topological polar surface area (TPSA) is 69.4 Å². The van der Waals surface area contributed by atoms with Crippen LogP contribution in [0.3, 0.4) is 0 Å². The molecule has 0 unspecified atom stereocenters. The molecule has 0 amide bonds. The summed E-state index contributed by atoms with van der Waals surface area (Å²) in [5.41, 5.74) is 6.54. The van der Waals surface area contributed by atoms with E-state index in [-0.39, 0.29) is 5.54 Å². The molecule has 1 aliphatic rings. The smallest absolute Gasteiger partial charge is 0.215 e. The lowest BCUT2D eigenvalue weighted by atomic mass is 9.92. The first-order valence-electron chi connectivity index (χ1n) is 5.79. The summed E-state index contributed by atoms with van der Waals surface area (Å²) in [6.07, 6.45) is 1.90. The van der Waals surface area contributed by atoms with Crippen molar-refractivity contribution < 1.29 is 9.47 Å². The molecule has 1 saturated heterocycles. The number of anilines is 2. The number of pyridine rings is 1. The van der Waals surface area contributed by atoms with Crippen LogP contribution in [0.15, 0.2) is 12.1 Å². The molecule has 0 radical (unpaired) electrons. The van der Waals surface area contributed by atoms with Crippen molar-refractivity contribution in [2.24, 2.45) is 0 Å². The van der Waals surface area contributed by atoms with Crippen LogP contribution >= 0.6 is 0 Å². The van der Waals surface area contributed by atoms with Crippen LogP contribution < -0.4 is 15.8 Å². The number of methoxy groups -OCH3 is 1. The third kappa shape index (κ3) is 2.79. The second kappa shape index (κ2) is 4.79. The molecule has 0 aromatic carbocycles. The fraction of sp³-hybridized carbons (Fsp3) is 0.583. The fourth-order valence-corrected chi connectivity index (χ4v) is 1.90. The number of rotatable bonds is 3. The molecule has 2 heterocycles. The van der Waals surface area contributed by atoms with Gasteiger partial charge < -0.3 is 20.5 Å². The van der Waals surface area contributed by atoms with Crippen LogP contribution in [0, 0.1) is 0 Å². The molecular weight excluding hydrogens is 218 g/mol. The molecule has 5 heteroatoms. The predicted octanol–water partition coefficient (Wildman–Crippen LogP) is 1.65. The molecular formula is C12H19N3O2. The Morgan fingerprint density at radius 2 is 2.12 bits per heavy atom. The zero-order chi connectivity index (χ0) is 12.3. The predicted molar refractivity (Wildman–Crippen MR) is 67.3 cm³/mol. The van der Waals surface area contributed by atoms with E-state index in [2.05, 4.69) is 17.2 Å². The highest BCUT2D eigenvalue weighted by atomic mass is 16.5. The molecule has 0 bridgehead atoms. The Morgan fingerprint density at radius 3 is 2.76 bits per heavy atom. The summed E-state index contributed by atoms with van der Waals surface area (Å²) in [6, 6.07) is 3.56. The fourth-order valence-electron chi connectivity index (χ4n) is 1.90. The van der Waals surface area contributed by atoms with E-state index in [0.717, 1.165) is 26.1 Å². The van der Waals surface area contributed by atoms with Gasteiger partial charge in [-0.15, -0.1) is 0 Å². The van der Waals surface area contributed by atoms with Gasteiger partial charge in [-0.05, 0) is 25.8 Å². The minimum Gasteiger partial charge on any atom is -0.481 e. The van der Waals surface area contributed by atoms with Crippen molar-refractivity contribution >= 4 is 11.5 Å². The Kier molecular flexibility index (Phi) is 3.38. The number of nitrogens with zero attached hydrogens (tertiary/aromatic N) is 1. The summed E-state index contributed by atoms with van der Waals surface area (Å²) in [4.78, 5) is 4.33. The van der Waals surface area contributed by atoms with Crippen molar-refractivity contribution in [1.82, 2.24) is 4.98 Å². The molecule has 2 rings (SSSR count). The maximum absolute atomic E-state index is 5.91. The molecule has 1 aromatic heterocycles. The molecule has 0 atom stereocenters. The number of hydrogen-bond donors (Lipinski definition) is 2. The van der Waals surface area contributed by atoms with E-state index in [0.29, 0.717) is 17.4 Å². The van der Waals surface area contributed by atoms with Crippen LogP contribution in [0.5, 0.6) is 5.88 Å². The van der Waals surface area contributed by atoms with Crippen LogP contribution in [0.2, 0.25) is 0 Å². The highest BCUT2D eigenvalue weighted by molar-refractivity contribution is 5.63. The van der Waals surface area contributed by atoms with Gasteiger partial charge in [-0.3, -0.25) is 0 Å². The second-order valence-corrected chi connectivity index (χ2v) is 4.59. The van der Waals surface area contributed by atoms with E-state index in [1.54, 1.807) is 19.2 Å². The SMILES string of the molecule is COc1ccc(N)c(NC2(C)CCOCC2)n1.